The number of amides is 1. The quantitative estimate of drug-likeness (QED) is 0.821. The molecule has 2 aromatic rings. The molecule has 1 fully saturated rings. The average Bonchev–Trinajstić information content (AvgIpc) is 3.12. The molecule has 26 heavy (non-hydrogen) atoms. The monoisotopic (exact) mass is 359 g/mol. The Bertz CT molecular complexity index is 778. The SMILES string of the molecule is CN(CC(=O)N1CC[C@@H]2OCc3cnnn3[C@H]2C1)Cc1ccc(F)cc1. The summed E-state index contributed by atoms with van der Waals surface area (Å²) >= 11 is 0. The summed E-state index contributed by atoms with van der Waals surface area (Å²) in [6, 6.07) is 6.39. The molecule has 2 aliphatic heterocycles. The van der Waals surface area contributed by atoms with E-state index in [1.165, 1.54) is 12.1 Å². The Morgan fingerprint density at radius 2 is 2.19 bits per heavy atom. The fourth-order valence-corrected chi connectivity index (χ4v) is 3.69. The molecule has 7 nitrogen and oxygen atoms in total. The van der Waals surface area contributed by atoms with Crippen molar-refractivity contribution < 1.29 is 13.9 Å². The van der Waals surface area contributed by atoms with Crippen LogP contribution in [-0.2, 0) is 22.7 Å². The first-order valence-corrected chi connectivity index (χ1v) is 8.81. The lowest BCUT2D eigenvalue weighted by molar-refractivity contribution is -0.139. The second-order valence-electron chi connectivity index (χ2n) is 7.01. The number of likely N-dealkylation sites (N-methyl/N-ethyl adjacent to an activating group) is 1. The third-order valence-corrected chi connectivity index (χ3v) is 5.05. The van der Waals surface area contributed by atoms with Crippen molar-refractivity contribution in [1.82, 2.24) is 24.8 Å². The van der Waals surface area contributed by atoms with E-state index in [1.54, 1.807) is 18.3 Å². The highest BCUT2D eigenvalue weighted by molar-refractivity contribution is 5.78. The lowest BCUT2D eigenvalue weighted by atomic mass is 10.0. The zero-order valence-corrected chi connectivity index (χ0v) is 14.7. The van der Waals surface area contributed by atoms with Crippen LogP contribution in [0.4, 0.5) is 4.39 Å². The van der Waals surface area contributed by atoms with Crippen molar-refractivity contribution in [1.29, 1.82) is 0 Å². The van der Waals surface area contributed by atoms with E-state index in [0.29, 0.717) is 32.8 Å². The standard InChI is InChI=1S/C18H22FN5O2/c1-22(9-13-2-4-14(19)5-3-13)11-18(25)23-7-6-17-16(10-23)24-15(12-26-17)8-20-21-24/h2-5,8,16-17H,6-7,9-12H2,1H3/t16-,17-/m0/s1. The van der Waals surface area contributed by atoms with Crippen molar-refractivity contribution in [3.05, 3.63) is 47.5 Å². The number of ether oxygens (including phenoxy) is 1. The number of hydrogen-bond acceptors (Lipinski definition) is 5. The molecular formula is C18H22FN5O2. The van der Waals surface area contributed by atoms with E-state index in [1.807, 2.05) is 21.5 Å². The average molecular weight is 359 g/mol. The Balaban J connectivity index is 1.36. The molecule has 3 heterocycles. The molecule has 0 spiro atoms. The van der Waals surface area contributed by atoms with Gasteiger partial charge in [0.25, 0.3) is 0 Å². The highest BCUT2D eigenvalue weighted by Crippen LogP contribution is 2.30. The van der Waals surface area contributed by atoms with Gasteiger partial charge in [0.1, 0.15) is 5.82 Å². The van der Waals surface area contributed by atoms with E-state index in [4.69, 9.17) is 4.74 Å². The van der Waals surface area contributed by atoms with Crippen LogP contribution in [0.5, 0.6) is 0 Å². The summed E-state index contributed by atoms with van der Waals surface area (Å²) in [5.74, 6) is -0.169. The molecule has 2 atom stereocenters. The second kappa shape index (κ2) is 7.13. The molecule has 138 valence electrons. The summed E-state index contributed by atoms with van der Waals surface area (Å²) in [6.45, 7) is 2.73. The Hall–Kier alpha value is -2.32. The third kappa shape index (κ3) is 3.47. The van der Waals surface area contributed by atoms with Gasteiger partial charge in [-0.15, -0.1) is 5.10 Å². The number of benzene rings is 1. The van der Waals surface area contributed by atoms with E-state index in [9.17, 15) is 9.18 Å². The molecule has 0 radical (unpaired) electrons. The van der Waals surface area contributed by atoms with Gasteiger partial charge in [0.2, 0.25) is 5.91 Å². The first-order chi connectivity index (χ1) is 12.6. The summed E-state index contributed by atoms with van der Waals surface area (Å²) in [5, 5.41) is 8.13. The Kier molecular flexibility index (Phi) is 4.69. The minimum absolute atomic E-state index is 0.0290. The van der Waals surface area contributed by atoms with Crippen molar-refractivity contribution in [3.8, 4) is 0 Å². The van der Waals surface area contributed by atoms with Crippen LogP contribution in [0.25, 0.3) is 0 Å². The van der Waals surface area contributed by atoms with Crippen molar-refractivity contribution in [3.63, 3.8) is 0 Å². The highest BCUT2D eigenvalue weighted by atomic mass is 19.1. The summed E-state index contributed by atoms with van der Waals surface area (Å²) in [4.78, 5) is 16.5. The van der Waals surface area contributed by atoms with E-state index < -0.39 is 0 Å². The highest BCUT2D eigenvalue weighted by Gasteiger charge is 2.37. The van der Waals surface area contributed by atoms with Gasteiger partial charge in [-0.2, -0.15) is 0 Å². The first-order valence-electron chi connectivity index (χ1n) is 8.81. The Labute approximate surface area is 151 Å². The van der Waals surface area contributed by atoms with E-state index in [2.05, 4.69) is 10.3 Å². The van der Waals surface area contributed by atoms with Gasteiger partial charge in [-0.25, -0.2) is 9.07 Å². The minimum atomic E-state index is -0.252. The van der Waals surface area contributed by atoms with Gasteiger partial charge in [0, 0.05) is 19.6 Å². The van der Waals surface area contributed by atoms with Crippen molar-refractivity contribution >= 4 is 5.91 Å². The number of halogens is 1. The fourth-order valence-electron chi connectivity index (χ4n) is 3.69. The maximum Gasteiger partial charge on any atom is 0.236 e. The molecule has 1 aromatic carbocycles. The van der Waals surface area contributed by atoms with Crippen LogP contribution >= 0.6 is 0 Å². The molecule has 1 amide bonds. The van der Waals surface area contributed by atoms with E-state index in [0.717, 1.165) is 17.7 Å². The van der Waals surface area contributed by atoms with Crippen LogP contribution in [0.2, 0.25) is 0 Å². The number of nitrogens with zero attached hydrogens (tertiary/aromatic N) is 5. The van der Waals surface area contributed by atoms with Crippen LogP contribution in [-0.4, -0.2) is 63.5 Å². The zero-order valence-electron chi connectivity index (χ0n) is 14.7. The van der Waals surface area contributed by atoms with Gasteiger partial charge in [-0.1, -0.05) is 17.3 Å². The van der Waals surface area contributed by atoms with Gasteiger partial charge < -0.3 is 9.64 Å². The van der Waals surface area contributed by atoms with Crippen LogP contribution in [0, 0.1) is 5.82 Å². The van der Waals surface area contributed by atoms with E-state index in [-0.39, 0.29) is 23.9 Å². The molecule has 1 aromatic heterocycles. The topological polar surface area (TPSA) is 63.5 Å². The predicted octanol–water partition coefficient (Wildman–Crippen LogP) is 1.22. The summed E-state index contributed by atoms with van der Waals surface area (Å²) in [6.07, 6.45) is 2.61. The minimum Gasteiger partial charge on any atom is -0.370 e. The smallest absolute Gasteiger partial charge is 0.236 e. The van der Waals surface area contributed by atoms with E-state index >= 15 is 0 Å². The molecule has 1 saturated heterocycles. The van der Waals surface area contributed by atoms with Gasteiger partial charge in [0.15, 0.2) is 0 Å². The molecule has 0 aliphatic carbocycles. The van der Waals surface area contributed by atoms with Crippen LogP contribution in [0.15, 0.2) is 30.5 Å². The number of carbonyl (C=O) groups is 1. The molecule has 0 unspecified atom stereocenters. The maximum atomic E-state index is 13.0. The Morgan fingerprint density at radius 3 is 3.00 bits per heavy atom. The second-order valence-corrected chi connectivity index (χ2v) is 7.01. The van der Waals surface area contributed by atoms with Crippen molar-refractivity contribution in [2.24, 2.45) is 0 Å². The van der Waals surface area contributed by atoms with Crippen LogP contribution in [0.1, 0.15) is 23.7 Å². The number of likely N-dealkylation sites (tertiary alicyclic amines) is 1. The molecule has 8 heteroatoms. The summed E-state index contributed by atoms with van der Waals surface area (Å²) in [5.41, 5.74) is 1.93. The number of piperidine rings is 1. The first kappa shape index (κ1) is 17.1. The zero-order chi connectivity index (χ0) is 18.1. The van der Waals surface area contributed by atoms with Crippen molar-refractivity contribution in [2.75, 3.05) is 26.7 Å². The molecule has 0 N–H and O–H groups in total. The maximum absolute atomic E-state index is 13.0. The molecule has 4 rings (SSSR count). The number of fused-ring (bicyclic) bond motifs is 3. The molecule has 0 saturated carbocycles. The number of hydrogen-bond donors (Lipinski definition) is 0. The van der Waals surface area contributed by atoms with Gasteiger partial charge in [-0.3, -0.25) is 9.69 Å². The van der Waals surface area contributed by atoms with Crippen LogP contribution < -0.4 is 0 Å². The number of aromatic nitrogens is 3. The van der Waals surface area contributed by atoms with Crippen molar-refractivity contribution in [2.45, 2.75) is 31.7 Å². The molecule has 0 bridgehead atoms. The summed E-state index contributed by atoms with van der Waals surface area (Å²) < 4.78 is 20.8. The predicted molar refractivity (Wildman–Crippen MR) is 91.6 cm³/mol. The van der Waals surface area contributed by atoms with Gasteiger partial charge in [-0.05, 0) is 31.2 Å². The number of rotatable bonds is 4. The normalized spacial score (nSPS) is 22.2. The van der Waals surface area contributed by atoms with Gasteiger partial charge >= 0.3 is 0 Å². The molecule has 2 aliphatic rings. The summed E-state index contributed by atoms with van der Waals surface area (Å²) in [7, 11) is 1.90. The third-order valence-electron chi connectivity index (χ3n) is 5.05. The fraction of sp³-hybridized carbons (Fsp3) is 0.500. The van der Waals surface area contributed by atoms with Crippen LogP contribution in [0.3, 0.4) is 0 Å². The number of carbonyl (C=O) groups excluding carboxylic acids is 1. The Morgan fingerprint density at radius 1 is 1.38 bits per heavy atom. The van der Waals surface area contributed by atoms with Gasteiger partial charge in [0.05, 0.1) is 37.2 Å². The molecular weight excluding hydrogens is 337 g/mol. The lowest BCUT2D eigenvalue weighted by Gasteiger charge is -2.41. The lowest BCUT2D eigenvalue weighted by Crippen LogP contribution is -2.51. The largest absolute Gasteiger partial charge is 0.370 e.